The van der Waals surface area contributed by atoms with E-state index in [1.807, 2.05) is 0 Å². The second-order valence-electron chi connectivity index (χ2n) is 8.25. The molecule has 1 N–H and O–H groups in total. The van der Waals surface area contributed by atoms with E-state index in [0.29, 0.717) is 18.2 Å². The Kier molecular flexibility index (Phi) is 6.56. The maximum Gasteiger partial charge on any atom is 0.220 e. The first-order chi connectivity index (χ1) is 11.7. The topological polar surface area (TPSA) is 50.9 Å². The van der Waals surface area contributed by atoms with Crippen LogP contribution in [0.25, 0.3) is 0 Å². The van der Waals surface area contributed by atoms with Crippen LogP contribution in [-0.4, -0.2) is 36.4 Å². The van der Waals surface area contributed by atoms with Crippen LogP contribution in [-0.2, 0) is 14.3 Å². The summed E-state index contributed by atoms with van der Waals surface area (Å²) < 4.78 is 11.7. The van der Waals surface area contributed by atoms with E-state index >= 15 is 0 Å². The first kappa shape index (κ1) is 18.2. The van der Waals surface area contributed by atoms with Crippen LogP contribution >= 0.6 is 0 Å². The van der Waals surface area contributed by atoms with Gasteiger partial charge in [-0.3, -0.25) is 4.79 Å². The third-order valence-corrected chi connectivity index (χ3v) is 6.10. The van der Waals surface area contributed by atoms with Gasteiger partial charge in [0.25, 0.3) is 0 Å². The summed E-state index contributed by atoms with van der Waals surface area (Å²) in [6.07, 6.45) is 16.2. The molecule has 0 aromatic heterocycles. The van der Waals surface area contributed by atoms with Crippen molar-refractivity contribution in [1.29, 1.82) is 0 Å². The lowest BCUT2D eigenvalue weighted by Gasteiger charge is -2.23. The molecule has 1 saturated carbocycles. The van der Waals surface area contributed by atoms with E-state index in [0.717, 1.165) is 25.9 Å². The van der Waals surface area contributed by atoms with Crippen LogP contribution in [0.15, 0.2) is 0 Å². The van der Waals surface area contributed by atoms with E-state index in [1.54, 1.807) is 0 Å². The van der Waals surface area contributed by atoms with E-state index in [1.165, 1.54) is 64.2 Å². The van der Waals surface area contributed by atoms with Crippen molar-refractivity contribution in [1.82, 2.24) is 5.32 Å². The molecule has 3 fully saturated rings. The smallest absolute Gasteiger partial charge is 0.220 e. The molecule has 4 heteroatoms. The minimum atomic E-state index is 0.209. The Morgan fingerprint density at radius 3 is 2.75 bits per heavy atom. The summed E-state index contributed by atoms with van der Waals surface area (Å²) in [7, 11) is 0. The minimum Gasteiger partial charge on any atom is -0.378 e. The number of rotatable bonds is 10. The Balaban J connectivity index is 1.10. The minimum absolute atomic E-state index is 0.209. The third kappa shape index (κ3) is 5.45. The van der Waals surface area contributed by atoms with Gasteiger partial charge in [0.1, 0.15) is 0 Å². The van der Waals surface area contributed by atoms with Crippen LogP contribution in [0.3, 0.4) is 0 Å². The first-order valence-corrected chi connectivity index (χ1v) is 10.2. The third-order valence-electron chi connectivity index (χ3n) is 6.10. The zero-order valence-corrected chi connectivity index (χ0v) is 15.4. The Morgan fingerprint density at radius 1 is 1.17 bits per heavy atom. The molecule has 4 nitrogen and oxygen atoms in total. The lowest BCUT2D eigenvalue weighted by Crippen LogP contribution is -2.38. The van der Waals surface area contributed by atoms with Crippen LogP contribution in [0.4, 0.5) is 0 Å². The average Bonchev–Trinajstić information content (AvgIpc) is 3.24. The molecule has 3 aliphatic rings. The van der Waals surface area contributed by atoms with Gasteiger partial charge in [0.05, 0.1) is 17.8 Å². The molecule has 138 valence electrons. The van der Waals surface area contributed by atoms with Crippen LogP contribution in [0.2, 0.25) is 0 Å². The van der Waals surface area contributed by atoms with Crippen molar-refractivity contribution in [2.45, 2.75) is 114 Å². The summed E-state index contributed by atoms with van der Waals surface area (Å²) in [6, 6.07) is 0.451. The fourth-order valence-electron chi connectivity index (χ4n) is 4.31. The molecule has 0 aromatic carbocycles. The number of piperidine rings is 1. The second-order valence-corrected chi connectivity index (χ2v) is 8.25. The van der Waals surface area contributed by atoms with Gasteiger partial charge in [-0.25, -0.2) is 0 Å². The van der Waals surface area contributed by atoms with Crippen molar-refractivity contribution in [3.05, 3.63) is 0 Å². The van der Waals surface area contributed by atoms with E-state index in [4.69, 9.17) is 9.47 Å². The van der Waals surface area contributed by atoms with Crippen LogP contribution in [0, 0.1) is 0 Å². The Morgan fingerprint density at radius 2 is 1.96 bits per heavy atom. The SMILES string of the molecule is CC12CCC(OCCCCCCCCC3CCCC(=O)N3)CC1O2. The molecule has 1 amide bonds. The Hall–Kier alpha value is -0.610. The van der Waals surface area contributed by atoms with Gasteiger partial charge < -0.3 is 14.8 Å². The van der Waals surface area contributed by atoms with Crippen molar-refractivity contribution in [2.24, 2.45) is 0 Å². The number of fused-ring (bicyclic) bond motifs is 1. The quantitative estimate of drug-likeness (QED) is 0.482. The molecular weight excluding hydrogens is 302 g/mol. The number of amides is 1. The number of nitrogens with one attached hydrogen (secondary N) is 1. The molecule has 3 rings (SSSR count). The molecular formula is C20H35NO3. The molecule has 2 aliphatic heterocycles. The van der Waals surface area contributed by atoms with E-state index in [2.05, 4.69) is 12.2 Å². The molecule has 0 aromatic rings. The molecule has 2 heterocycles. The highest BCUT2D eigenvalue weighted by molar-refractivity contribution is 5.76. The van der Waals surface area contributed by atoms with Gasteiger partial charge in [-0.15, -0.1) is 0 Å². The molecule has 0 radical (unpaired) electrons. The van der Waals surface area contributed by atoms with E-state index in [9.17, 15) is 4.79 Å². The standard InChI is InChI=1S/C20H35NO3/c1-20-13-12-17(15-18(20)24-20)23-14-7-5-3-2-4-6-9-16-10-8-11-19(22)21-16/h16-18H,2-15H2,1H3,(H,21,22). The Bertz CT molecular complexity index is 414. The largest absolute Gasteiger partial charge is 0.378 e. The van der Waals surface area contributed by atoms with Crippen molar-refractivity contribution >= 4 is 5.91 Å². The summed E-state index contributed by atoms with van der Waals surface area (Å²) in [4.78, 5) is 11.3. The molecule has 24 heavy (non-hydrogen) atoms. The van der Waals surface area contributed by atoms with Gasteiger partial charge in [-0.1, -0.05) is 32.1 Å². The van der Waals surface area contributed by atoms with Gasteiger partial charge in [-0.2, -0.15) is 0 Å². The van der Waals surface area contributed by atoms with E-state index < -0.39 is 0 Å². The number of hydrogen-bond acceptors (Lipinski definition) is 3. The van der Waals surface area contributed by atoms with Crippen LogP contribution < -0.4 is 5.32 Å². The van der Waals surface area contributed by atoms with Crippen LogP contribution in [0.5, 0.6) is 0 Å². The summed E-state index contributed by atoms with van der Waals surface area (Å²) in [5, 5.41) is 3.11. The molecule has 0 bridgehead atoms. The monoisotopic (exact) mass is 337 g/mol. The molecule has 4 unspecified atom stereocenters. The normalized spacial score (nSPS) is 35.4. The maximum atomic E-state index is 11.3. The predicted octanol–water partition coefficient (Wildman–Crippen LogP) is 4.11. The van der Waals surface area contributed by atoms with Crippen molar-refractivity contribution in [3.63, 3.8) is 0 Å². The highest BCUT2D eigenvalue weighted by Gasteiger charge is 2.55. The summed E-state index contributed by atoms with van der Waals surface area (Å²) in [5.41, 5.74) is 0.209. The van der Waals surface area contributed by atoms with Crippen molar-refractivity contribution in [3.8, 4) is 0 Å². The lowest BCUT2D eigenvalue weighted by molar-refractivity contribution is -0.123. The summed E-state index contributed by atoms with van der Waals surface area (Å²) in [5.74, 6) is 0.252. The molecule has 1 aliphatic carbocycles. The number of epoxide rings is 1. The number of unbranched alkanes of at least 4 members (excludes halogenated alkanes) is 5. The summed E-state index contributed by atoms with van der Waals surface area (Å²) >= 11 is 0. The molecule has 0 spiro atoms. The number of ether oxygens (including phenoxy) is 2. The number of hydrogen-bond donors (Lipinski definition) is 1. The van der Waals surface area contributed by atoms with Gasteiger partial charge in [0.2, 0.25) is 5.91 Å². The fourth-order valence-corrected chi connectivity index (χ4v) is 4.31. The van der Waals surface area contributed by atoms with E-state index in [-0.39, 0.29) is 11.5 Å². The highest BCUT2D eigenvalue weighted by atomic mass is 16.6. The van der Waals surface area contributed by atoms with Gasteiger partial charge in [0, 0.05) is 25.5 Å². The van der Waals surface area contributed by atoms with Gasteiger partial charge >= 0.3 is 0 Å². The van der Waals surface area contributed by atoms with Crippen molar-refractivity contribution in [2.75, 3.05) is 6.61 Å². The van der Waals surface area contributed by atoms with Crippen LogP contribution in [0.1, 0.15) is 90.4 Å². The maximum absolute atomic E-state index is 11.3. The summed E-state index contributed by atoms with van der Waals surface area (Å²) in [6.45, 7) is 3.15. The Labute approximate surface area is 147 Å². The second kappa shape index (κ2) is 8.66. The highest BCUT2D eigenvalue weighted by Crippen LogP contribution is 2.47. The number of carbonyl (C=O) groups excluding carboxylic acids is 1. The van der Waals surface area contributed by atoms with Crippen molar-refractivity contribution < 1.29 is 14.3 Å². The van der Waals surface area contributed by atoms with Gasteiger partial charge in [-0.05, 0) is 45.4 Å². The zero-order chi connectivity index (χ0) is 16.8. The predicted molar refractivity (Wildman–Crippen MR) is 95.0 cm³/mol. The average molecular weight is 338 g/mol. The van der Waals surface area contributed by atoms with Gasteiger partial charge in [0.15, 0.2) is 0 Å². The zero-order valence-electron chi connectivity index (χ0n) is 15.4. The number of carbonyl (C=O) groups is 1. The lowest BCUT2D eigenvalue weighted by atomic mass is 9.89. The fraction of sp³-hybridized carbons (Fsp3) is 0.950. The molecule has 4 atom stereocenters. The first-order valence-electron chi connectivity index (χ1n) is 10.2. The molecule has 2 saturated heterocycles.